The molecule has 30 heavy (non-hydrogen) atoms. The Hall–Kier alpha value is -3.26. The molecule has 2 aliphatic heterocycles. The first kappa shape index (κ1) is 18.7. The number of nitrogens with zero attached hydrogens (tertiary/aromatic N) is 5. The van der Waals surface area contributed by atoms with Crippen LogP contribution in [0.5, 0.6) is 0 Å². The predicted molar refractivity (Wildman–Crippen MR) is 110 cm³/mol. The third-order valence-corrected chi connectivity index (χ3v) is 5.95. The molecule has 0 unspecified atom stereocenters. The Kier molecular flexibility index (Phi) is 4.71. The molecular weight excluding hydrogens is 382 g/mol. The van der Waals surface area contributed by atoms with Gasteiger partial charge in [-0.3, -0.25) is 9.59 Å². The van der Waals surface area contributed by atoms with Crippen LogP contribution in [0, 0.1) is 0 Å². The van der Waals surface area contributed by atoms with Gasteiger partial charge in [0.2, 0.25) is 5.91 Å². The van der Waals surface area contributed by atoms with Crippen LogP contribution in [0.3, 0.4) is 0 Å². The van der Waals surface area contributed by atoms with Gasteiger partial charge in [0.25, 0.3) is 5.91 Å². The molecule has 1 aromatic carbocycles. The summed E-state index contributed by atoms with van der Waals surface area (Å²) in [5.74, 6) is -0.101. The zero-order chi connectivity index (χ0) is 20.7. The predicted octanol–water partition coefficient (Wildman–Crippen LogP) is 1.55. The minimum Gasteiger partial charge on any atom is -0.374 e. The van der Waals surface area contributed by atoms with Crippen LogP contribution in [-0.2, 0) is 16.1 Å². The lowest BCUT2D eigenvalue weighted by Gasteiger charge is -2.24. The minimum atomic E-state index is -0.166. The smallest absolute Gasteiger partial charge is 0.275 e. The van der Waals surface area contributed by atoms with Crippen LogP contribution in [0.15, 0.2) is 48.7 Å². The van der Waals surface area contributed by atoms with Gasteiger partial charge in [-0.1, -0.05) is 30.3 Å². The van der Waals surface area contributed by atoms with Crippen molar-refractivity contribution >= 4 is 22.8 Å². The average molecular weight is 405 g/mol. The summed E-state index contributed by atoms with van der Waals surface area (Å²) in [5.41, 5.74) is 2.16. The minimum absolute atomic E-state index is 0.0542. The van der Waals surface area contributed by atoms with Crippen LogP contribution in [0.4, 0.5) is 0 Å². The number of amides is 2. The van der Waals surface area contributed by atoms with E-state index in [9.17, 15) is 9.59 Å². The van der Waals surface area contributed by atoms with Gasteiger partial charge in [0.15, 0.2) is 11.3 Å². The van der Waals surface area contributed by atoms with Gasteiger partial charge in [-0.15, -0.1) is 0 Å². The lowest BCUT2D eigenvalue weighted by molar-refractivity contribution is -0.131. The number of likely N-dealkylation sites (N-methyl/N-ethyl adjacent to an activating group) is 1. The normalized spacial score (nSPS) is 21.7. The molecule has 2 fully saturated rings. The molecule has 0 bridgehead atoms. The van der Waals surface area contributed by atoms with Gasteiger partial charge in [0, 0.05) is 26.3 Å². The van der Waals surface area contributed by atoms with E-state index in [2.05, 4.69) is 10.1 Å². The quantitative estimate of drug-likeness (QED) is 0.661. The fourth-order valence-electron chi connectivity index (χ4n) is 4.30. The number of pyridine rings is 1. The van der Waals surface area contributed by atoms with Crippen molar-refractivity contribution in [3.8, 4) is 0 Å². The first-order valence-corrected chi connectivity index (χ1v) is 10.1. The maximum atomic E-state index is 13.4. The lowest BCUT2D eigenvalue weighted by Crippen LogP contribution is -2.43. The van der Waals surface area contributed by atoms with Crippen molar-refractivity contribution in [1.82, 2.24) is 24.6 Å². The molecule has 0 spiro atoms. The van der Waals surface area contributed by atoms with Gasteiger partial charge in [-0.05, 0) is 17.7 Å². The zero-order valence-corrected chi connectivity index (χ0v) is 16.8. The number of hydrogen-bond acceptors (Lipinski definition) is 5. The Bertz CT molecular complexity index is 1100. The highest BCUT2D eigenvalue weighted by Crippen LogP contribution is 2.25. The monoisotopic (exact) mass is 405 g/mol. The largest absolute Gasteiger partial charge is 0.374 e. The first-order chi connectivity index (χ1) is 14.6. The summed E-state index contributed by atoms with van der Waals surface area (Å²) < 4.78 is 7.64. The number of carbonyl (C=O) groups excluding carboxylic acids is 2. The van der Waals surface area contributed by atoms with Gasteiger partial charge < -0.3 is 14.5 Å². The van der Waals surface area contributed by atoms with E-state index >= 15 is 0 Å². The standard InChI is InChI=1S/C22H23N5O3/c1-25-17-13-26(14-18(17)30-11-9-19(25)28)22(29)20-16-8-5-10-23-21(16)27(24-20)12-15-6-3-2-4-7-15/h2-8,10,17-18H,9,11-14H2,1H3/t17-,18-/m0/s1. The maximum absolute atomic E-state index is 13.4. The molecule has 0 aliphatic carbocycles. The molecular formula is C22H23N5O3. The van der Waals surface area contributed by atoms with Gasteiger partial charge in [0.1, 0.15) is 0 Å². The zero-order valence-electron chi connectivity index (χ0n) is 16.8. The van der Waals surface area contributed by atoms with E-state index in [0.29, 0.717) is 44.0 Å². The van der Waals surface area contributed by atoms with Gasteiger partial charge in [-0.2, -0.15) is 5.10 Å². The molecule has 8 heteroatoms. The van der Waals surface area contributed by atoms with Crippen LogP contribution >= 0.6 is 0 Å². The van der Waals surface area contributed by atoms with Crippen molar-refractivity contribution in [2.75, 3.05) is 26.7 Å². The van der Waals surface area contributed by atoms with E-state index < -0.39 is 0 Å². The summed E-state index contributed by atoms with van der Waals surface area (Å²) >= 11 is 0. The van der Waals surface area contributed by atoms with Crippen LogP contribution in [0.1, 0.15) is 22.5 Å². The third-order valence-electron chi connectivity index (χ3n) is 5.95. The molecule has 0 saturated carbocycles. The van der Waals surface area contributed by atoms with Crippen LogP contribution in [0.25, 0.3) is 11.0 Å². The summed E-state index contributed by atoms with van der Waals surface area (Å²) in [4.78, 5) is 33.5. The second-order valence-electron chi connectivity index (χ2n) is 7.81. The Balaban J connectivity index is 1.45. The van der Waals surface area contributed by atoms with Gasteiger partial charge >= 0.3 is 0 Å². The molecule has 5 rings (SSSR count). The summed E-state index contributed by atoms with van der Waals surface area (Å²) in [5, 5.41) is 5.37. The molecule has 2 saturated heterocycles. The van der Waals surface area contributed by atoms with E-state index in [4.69, 9.17) is 4.74 Å². The summed E-state index contributed by atoms with van der Waals surface area (Å²) in [6.45, 7) is 1.83. The number of carbonyl (C=O) groups is 2. The number of likely N-dealkylation sites (tertiary alicyclic amines) is 1. The Morgan fingerprint density at radius 3 is 2.83 bits per heavy atom. The van der Waals surface area contributed by atoms with E-state index in [1.165, 1.54) is 0 Å². The fraction of sp³-hybridized carbons (Fsp3) is 0.364. The average Bonchev–Trinajstić information content (AvgIpc) is 3.32. The molecule has 2 aromatic heterocycles. The Morgan fingerprint density at radius 2 is 2.00 bits per heavy atom. The highest BCUT2D eigenvalue weighted by Gasteiger charge is 2.42. The number of fused-ring (bicyclic) bond motifs is 2. The van der Waals surface area contributed by atoms with E-state index in [1.807, 2.05) is 42.5 Å². The van der Waals surface area contributed by atoms with Crippen molar-refractivity contribution < 1.29 is 14.3 Å². The molecule has 2 atom stereocenters. The van der Waals surface area contributed by atoms with Gasteiger partial charge in [0.05, 0.1) is 37.1 Å². The molecule has 0 radical (unpaired) electrons. The Morgan fingerprint density at radius 1 is 1.17 bits per heavy atom. The molecule has 3 aromatic rings. The SMILES string of the molecule is CN1C(=O)CCO[C@H]2CN(C(=O)c3nn(Cc4ccccc4)c4ncccc34)C[C@@H]21. The van der Waals surface area contributed by atoms with Crippen molar-refractivity contribution in [3.63, 3.8) is 0 Å². The van der Waals surface area contributed by atoms with Gasteiger partial charge in [-0.25, -0.2) is 9.67 Å². The number of benzene rings is 1. The Labute approximate surface area is 174 Å². The van der Waals surface area contributed by atoms with E-state index in [1.54, 1.807) is 27.7 Å². The lowest BCUT2D eigenvalue weighted by atomic mass is 10.2. The molecule has 2 amide bonds. The van der Waals surface area contributed by atoms with E-state index in [0.717, 1.165) is 10.9 Å². The topological polar surface area (TPSA) is 80.6 Å². The highest BCUT2D eigenvalue weighted by molar-refractivity contribution is 6.04. The number of rotatable bonds is 3. The summed E-state index contributed by atoms with van der Waals surface area (Å²) in [6.07, 6.45) is 1.93. The number of aromatic nitrogens is 3. The maximum Gasteiger partial charge on any atom is 0.275 e. The molecule has 2 aliphatic rings. The molecule has 8 nitrogen and oxygen atoms in total. The summed E-state index contributed by atoms with van der Waals surface area (Å²) in [7, 11) is 1.79. The van der Waals surface area contributed by atoms with Crippen molar-refractivity contribution in [2.24, 2.45) is 0 Å². The van der Waals surface area contributed by atoms with Crippen molar-refractivity contribution in [2.45, 2.75) is 25.1 Å². The molecule has 0 N–H and O–H groups in total. The van der Waals surface area contributed by atoms with Crippen LogP contribution in [-0.4, -0.2) is 75.3 Å². The molecule has 4 heterocycles. The van der Waals surface area contributed by atoms with Crippen LogP contribution in [0.2, 0.25) is 0 Å². The second-order valence-corrected chi connectivity index (χ2v) is 7.81. The van der Waals surface area contributed by atoms with Crippen molar-refractivity contribution in [3.05, 3.63) is 59.9 Å². The summed E-state index contributed by atoms with van der Waals surface area (Å²) in [6, 6.07) is 13.5. The third kappa shape index (κ3) is 3.23. The first-order valence-electron chi connectivity index (χ1n) is 10.1. The van der Waals surface area contributed by atoms with E-state index in [-0.39, 0.29) is 24.0 Å². The highest BCUT2D eigenvalue weighted by atomic mass is 16.5. The number of ether oxygens (including phenoxy) is 1. The fourth-order valence-corrected chi connectivity index (χ4v) is 4.30. The van der Waals surface area contributed by atoms with Crippen molar-refractivity contribution in [1.29, 1.82) is 0 Å². The number of hydrogen-bond donors (Lipinski definition) is 0. The van der Waals surface area contributed by atoms with Crippen LogP contribution < -0.4 is 0 Å². The molecule has 154 valence electrons. The second kappa shape index (κ2) is 7.53.